The Hall–Kier alpha value is 0. The summed E-state index contributed by atoms with van der Waals surface area (Å²) in [5, 5.41) is 0. The lowest BCUT2D eigenvalue weighted by atomic mass is 9.79. The molecule has 0 aromatic heterocycles. The molecule has 0 heteroatoms. The van der Waals surface area contributed by atoms with Gasteiger partial charge in [0, 0.05) is 0 Å². The quantitative estimate of drug-likeness (QED) is 0.492. The molecule has 1 unspecified atom stereocenters. The first-order valence-corrected chi connectivity index (χ1v) is 7.25. The normalized spacial score (nSPS) is 20.0. The van der Waals surface area contributed by atoms with Crippen LogP contribution in [0.15, 0.2) is 0 Å². The summed E-state index contributed by atoms with van der Waals surface area (Å²) in [4.78, 5) is 0. The highest BCUT2D eigenvalue weighted by molar-refractivity contribution is 4.77. The SMILES string of the molecule is CCCCCCC(C(C)C)C1CCCC1. The van der Waals surface area contributed by atoms with Crippen LogP contribution in [-0.2, 0) is 0 Å². The highest BCUT2D eigenvalue weighted by atomic mass is 14.3. The minimum atomic E-state index is 0.912. The largest absolute Gasteiger partial charge is 0.0654 e. The van der Waals surface area contributed by atoms with Gasteiger partial charge >= 0.3 is 0 Å². The minimum Gasteiger partial charge on any atom is -0.0654 e. The Morgan fingerprint density at radius 1 is 1.00 bits per heavy atom. The second-order valence-corrected chi connectivity index (χ2v) is 5.80. The Balaban J connectivity index is 2.24. The lowest BCUT2D eigenvalue weighted by Gasteiger charge is -2.27. The Labute approximate surface area is 96.8 Å². The van der Waals surface area contributed by atoms with Gasteiger partial charge in [0.05, 0.1) is 0 Å². The van der Waals surface area contributed by atoms with Crippen LogP contribution in [-0.4, -0.2) is 0 Å². The minimum absolute atomic E-state index is 0.912. The van der Waals surface area contributed by atoms with Gasteiger partial charge in [0.1, 0.15) is 0 Å². The number of hydrogen-bond donors (Lipinski definition) is 0. The van der Waals surface area contributed by atoms with Crippen molar-refractivity contribution in [3.8, 4) is 0 Å². The first kappa shape index (κ1) is 13.1. The lowest BCUT2D eigenvalue weighted by Crippen LogP contribution is -2.17. The van der Waals surface area contributed by atoms with Crippen molar-refractivity contribution in [2.24, 2.45) is 17.8 Å². The Kier molecular flexibility index (Phi) is 6.36. The van der Waals surface area contributed by atoms with E-state index >= 15 is 0 Å². The summed E-state index contributed by atoms with van der Waals surface area (Å²) in [5.74, 6) is 3.02. The molecule has 0 aromatic rings. The third-order valence-corrected chi connectivity index (χ3v) is 4.25. The van der Waals surface area contributed by atoms with Crippen LogP contribution in [0.1, 0.15) is 78.6 Å². The van der Waals surface area contributed by atoms with Crippen LogP contribution >= 0.6 is 0 Å². The number of hydrogen-bond acceptors (Lipinski definition) is 0. The summed E-state index contributed by atoms with van der Waals surface area (Å²) in [6, 6.07) is 0. The van der Waals surface area contributed by atoms with Gasteiger partial charge in [-0.05, 0) is 24.2 Å². The molecule has 0 radical (unpaired) electrons. The van der Waals surface area contributed by atoms with Gasteiger partial charge in [-0.2, -0.15) is 0 Å². The van der Waals surface area contributed by atoms with Crippen LogP contribution in [0.2, 0.25) is 0 Å². The van der Waals surface area contributed by atoms with Gasteiger partial charge in [0.25, 0.3) is 0 Å². The molecular formula is C15H30. The third kappa shape index (κ3) is 4.57. The molecule has 1 fully saturated rings. The number of unbranched alkanes of at least 4 members (excludes halogenated alkanes) is 3. The predicted octanol–water partition coefficient (Wildman–Crippen LogP) is 5.42. The molecule has 0 heterocycles. The van der Waals surface area contributed by atoms with E-state index in [4.69, 9.17) is 0 Å². The Bertz CT molecular complexity index is 142. The van der Waals surface area contributed by atoms with E-state index in [0.29, 0.717) is 0 Å². The van der Waals surface area contributed by atoms with E-state index < -0.39 is 0 Å². The molecule has 1 atom stereocenters. The molecule has 0 amide bonds. The van der Waals surface area contributed by atoms with E-state index in [9.17, 15) is 0 Å². The van der Waals surface area contributed by atoms with Gasteiger partial charge < -0.3 is 0 Å². The summed E-state index contributed by atoms with van der Waals surface area (Å²) >= 11 is 0. The zero-order valence-electron chi connectivity index (χ0n) is 11.1. The maximum Gasteiger partial charge on any atom is -0.0363 e. The van der Waals surface area contributed by atoms with Crippen LogP contribution in [0.3, 0.4) is 0 Å². The van der Waals surface area contributed by atoms with E-state index in [1.165, 1.54) is 57.8 Å². The summed E-state index contributed by atoms with van der Waals surface area (Å²) in [6.07, 6.45) is 13.3. The molecule has 0 spiro atoms. The van der Waals surface area contributed by atoms with Crippen LogP contribution in [0.5, 0.6) is 0 Å². The van der Waals surface area contributed by atoms with E-state index in [0.717, 1.165) is 17.8 Å². The van der Waals surface area contributed by atoms with Crippen LogP contribution < -0.4 is 0 Å². The van der Waals surface area contributed by atoms with E-state index in [1.54, 1.807) is 0 Å². The highest BCUT2D eigenvalue weighted by Gasteiger charge is 2.26. The monoisotopic (exact) mass is 210 g/mol. The summed E-state index contributed by atoms with van der Waals surface area (Å²) in [6.45, 7) is 7.17. The molecule has 1 saturated carbocycles. The first-order valence-electron chi connectivity index (χ1n) is 7.25. The van der Waals surface area contributed by atoms with Crippen molar-refractivity contribution >= 4 is 0 Å². The average molecular weight is 210 g/mol. The Morgan fingerprint density at radius 3 is 2.20 bits per heavy atom. The molecule has 1 rings (SSSR count). The molecular weight excluding hydrogens is 180 g/mol. The molecule has 0 saturated heterocycles. The lowest BCUT2D eigenvalue weighted by molar-refractivity contribution is 0.234. The molecule has 15 heavy (non-hydrogen) atoms. The van der Waals surface area contributed by atoms with Gasteiger partial charge in [0.15, 0.2) is 0 Å². The van der Waals surface area contributed by atoms with Crippen molar-refractivity contribution in [2.45, 2.75) is 78.6 Å². The molecule has 1 aliphatic rings. The maximum atomic E-state index is 2.43. The second kappa shape index (κ2) is 7.30. The van der Waals surface area contributed by atoms with E-state index in [2.05, 4.69) is 20.8 Å². The number of rotatable bonds is 7. The predicted molar refractivity (Wildman–Crippen MR) is 69.0 cm³/mol. The van der Waals surface area contributed by atoms with Gasteiger partial charge in [-0.15, -0.1) is 0 Å². The molecule has 1 aliphatic carbocycles. The van der Waals surface area contributed by atoms with Crippen LogP contribution in [0, 0.1) is 17.8 Å². The zero-order valence-corrected chi connectivity index (χ0v) is 11.1. The third-order valence-electron chi connectivity index (χ3n) is 4.25. The second-order valence-electron chi connectivity index (χ2n) is 5.80. The van der Waals surface area contributed by atoms with Crippen molar-refractivity contribution < 1.29 is 0 Å². The molecule has 0 aromatic carbocycles. The fourth-order valence-corrected chi connectivity index (χ4v) is 3.31. The van der Waals surface area contributed by atoms with Gasteiger partial charge in [-0.3, -0.25) is 0 Å². The van der Waals surface area contributed by atoms with Crippen molar-refractivity contribution in [3.05, 3.63) is 0 Å². The first-order chi connectivity index (χ1) is 7.25. The summed E-state index contributed by atoms with van der Waals surface area (Å²) < 4.78 is 0. The van der Waals surface area contributed by atoms with Crippen LogP contribution in [0.25, 0.3) is 0 Å². The smallest absolute Gasteiger partial charge is 0.0363 e. The van der Waals surface area contributed by atoms with Crippen molar-refractivity contribution in [2.75, 3.05) is 0 Å². The highest BCUT2D eigenvalue weighted by Crippen LogP contribution is 2.37. The van der Waals surface area contributed by atoms with Gasteiger partial charge in [-0.25, -0.2) is 0 Å². The molecule has 0 bridgehead atoms. The topological polar surface area (TPSA) is 0 Å². The Morgan fingerprint density at radius 2 is 1.67 bits per heavy atom. The van der Waals surface area contributed by atoms with Crippen molar-refractivity contribution in [1.29, 1.82) is 0 Å². The zero-order chi connectivity index (χ0) is 11.1. The van der Waals surface area contributed by atoms with Crippen molar-refractivity contribution in [3.63, 3.8) is 0 Å². The van der Waals surface area contributed by atoms with E-state index in [-0.39, 0.29) is 0 Å². The van der Waals surface area contributed by atoms with Crippen LogP contribution in [0.4, 0.5) is 0 Å². The maximum absolute atomic E-state index is 2.43. The fraction of sp³-hybridized carbons (Fsp3) is 1.00. The molecule has 0 aliphatic heterocycles. The van der Waals surface area contributed by atoms with Gasteiger partial charge in [-0.1, -0.05) is 72.1 Å². The standard InChI is InChI=1S/C15H30/c1-4-5-6-7-12-15(13(2)3)14-10-8-9-11-14/h13-15H,4-12H2,1-3H3. The van der Waals surface area contributed by atoms with Crippen molar-refractivity contribution in [1.82, 2.24) is 0 Å². The summed E-state index contributed by atoms with van der Waals surface area (Å²) in [5.41, 5.74) is 0. The molecule has 90 valence electrons. The average Bonchev–Trinajstić information content (AvgIpc) is 2.70. The molecule has 0 nitrogen and oxygen atoms in total. The molecule has 0 N–H and O–H groups in total. The summed E-state index contributed by atoms with van der Waals surface area (Å²) in [7, 11) is 0. The van der Waals surface area contributed by atoms with E-state index in [1.807, 2.05) is 0 Å². The fourth-order valence-electron chi connectivity index (χ4n) is 3.31. The van der Waals surface area contributed by atoms with Gasteiger partial charge in [0.2, 0.25) is 0 Å².